The molecular formula is C12H18N4O2. The smallest absolute Gasteiger partial charge is 0.269 e. The van der Waals surface area contributed by atoms with Crippen molar-refractivity contribution in [1.29, 1.82) is 0 Å². The summed E-state index contributed by atoms with van der Waals surface area (Å²) >= 11 is 0. The molecule has 2 heterocycles. The van der Waals surface area contributed by atoms with Crippen LogP contribution in [-0.4, -0.2) is 42.6 Å². The number of ether oxygens (including phenoxy) is 1. The van der Waals surface area contributed by atoms with Gasteiger partial charge in [0.2, 0.25) is 0 Å². The zero-order chi connectivity index (χ0) is 12.8. The van der Waals surface area contributed by atoms with Gasteiger partial charge >= 0.3 is 0 Å². The van der Waals surface area contributed by atoms with E-state index in [0.29, 0.717) is 26.3 Å². The number of hydrogen-bond donors (Lipinski definition) is 1. The highest BCUT2D eigenvalue weighted by Gasteiger charge is 2.12. The standard InChI is InChI=1S/C12H18N4O2/c13-3-1-2-4-16-12(17)9-11(10-14-16)15-5-7-18-8-6-15/h1-2,9-10H,3-8,13H2/b2-1+. The molecule has 0 aromatic carbocycles. The van der Waals surface area contributed by atoms with Gasteiger partial charge in [0.25, 0.3) is 5.56 Å². The lowest BCUT2D eigenvalue weighted by Gasteiger charge is -2.28. The molecule has 0 amide bonds. The molecule has 1 fully saturated rings. The van der Waals surface area contributed by atoms with Crippen LogP contribution >= 0.6 is 0 Å². The second kappa shape index (κ2) is 6.32. The van der Waals surface area contributed by atoms with Crippen LogP contribution in [0, 0.1) is 0 Å². The van der Waals surface area contributed by atoms with Crippen molar-refractivity contribution in [3.8, 4) is 0 Å². The Morgan fingerprint density at radius 3 is 2.83 bits per heavy atom. The summed E-state index contributed by atoms with van der Waals surface area (Å²) in [7, 11) is 0. The molecule has 2 N–H and O–H groups in total. The van der Waals surface area contributed by atoms with Gasteiger partial charge in [0, 0.05) is 25.7 Å². The Bertz CT molecular complexity index is 463. The van der Waals surface area contributed by atoms with Gasteiger partial charge in [0.15, 0.2) is 0 Å². The molecule has 1 aliphatic heterocycles. The van der Waals surface area contributed by atoms with E-state index in [4.69, 9.17) is 10.5 Å². The van der Waals surface area contributed by atoms with E-state index in [0.717, 1.165) is 18.8 Å². The zero-order valence-corrected chi connectivity index (χ0v) is 10.3. The first-order valence-corrected chi connectivity index (χ1v) is 6.06. The summed E-state index contributed by atoms with van der Waals surface area (Å²) in [5.41, 5.74) is 6.11. The minimum Gasteiger partial charge on any atom is -0.378 e. The summed E-state index contributed by atoms with van der Waals surface area (Å²) in [4.78, 5) is 14.0. The van der Waals surface area contributed by atoms with Gasteiger partial charge in [-0.15, -0.1) is 0 Å². The number of hydrogen-bond acceptors (Lipinski definition) is 5. The Balaban J connectivity index is 2.09. The van der Waals surface area contributed by atoms with Crippen molar-refractivity contribution in [2.24, 2.45) is 5.73 Å². The van der Waals surface area contributed by atoms with Crippen LogP contribution in [0.1, 0.15) is 0 Å². The summed E-state index contributed by atoms with van der Waals surface area (Å²) in [6.07, 6.45) is 5.37. The second-order valence-corrected chi connectivity index (χ2v) is 4.04. The molecule has 0 radical (unpaired) electrons. The molecule has 6 heteroatoms. The molecule has 0 bridgehead atoms. The molecule has 0 saturated carbocycles. The minimum absolute atomic E-state index is 0.0966. The normalized spacial score (nSPS) is 16.4. The summed E-state index contributed by atoms with van der Waals surface area (Å²) in [6, 6.07) is 1.62. The van der Waals surface area contributed by atoms with Gasteiger partial charge in [0.05, 0.1) is 31.6 Å². The van der Waals surface area contributed by atoms with Gasteiger partial charge in [-0.25, -0.2) is 4.68 Å². The molecule has 0 aliphatic carbocycles. The number of morpholine rings is 1. The van der Waals surface area contributed by atoms with Crippen LogP contribution in [0.3, 0.4) is 0 Å². The van der Waals surface area contributed by atoms with E-state index in [1.807, 2.05) is 12.2 Å². The number of nitrogens with zero attached hydrogens (tertiary/aromatic N) is 3. The van der Waals surface area contributed by atoms with Crippen LogP contribution in [-0.2, 0) is 11.3 Å². The van der Waals surface area contributed by atoms with E-state index in [9.17, 15) is 4.79 Å². The lowest BCUT2D eigenvalue weighted by atomic mass is 10.3. The van der Waals surface area contributed by atoms with Gasteiger partial charge in [-0.05, 0) is 0 Å². The Morgan fingerprint density at radius 1 is 1.39 bits per heavy atom. The molecule has 1 aromatic heterocycles. The first kappa shape index (κ1) is 12.8. The topological polar surface area (TPSA) is 73.4 Å². The second-order valence-electron chi connectivity index (χ2n) is 4.04. The zero-order valence-electron chi connectivity index (χ0n) is 10.3. The van der Waals surface area contributed by atoms with E-state index in [-0.39, 0.29) is 5.56 Å². The number of allylic oxidation sites excluding steroid dienone is 1. The molecule has 0 unspecified atom stereocenters. The van der Waals surface area contributed by atoms with E-state index in [2.05, 4.69) is 10.00 Å². The van der Waals surface area contributed by atoms with Gasteiger partial charge in [-0.2, -0.15) is 5.10 Å². The maximum Gasteiger partial charge on any atom is 0.269 e. The van der Waals surface area contributed by atoms with Crippen LogP contribution < -0.4 is 16.2 Å². The largest absolute Gasteiger partial charge is 0.378 e. The van der Waals surface area contributed by atoms with E-state index < -0.39 is 0 Å². The van der Waals surface area contributed by atoms with Gasteiger partial charge in [-0.3, -0.25) is 4.79 Å². The first-order valence-electron chi connectivity index (χ1n) is 6.06. The first-order chi connectivity index (χ1) is 8.81. The predicted octanol–water partition coefficient (Wildman–Crippen LogP) is -0.405. The van der Waals surface area contributed by atoms with Crippen LogP contribution in [0.15, 0.2) is 29.2 Å². The third-order valence-corrected chi connectivity index (χ3v) is 2.81. The van der Waals surface area contributed by atoms with E-state index in [1.165, 1.54) is 4.68 Å². The van der Waals surface area contributed by atoms with E-state index in [1.54, 1.807) is 12.3 Å². The van der Waals surface area contributed by atoms with Crippen molar-refractivity contribution in [2.75, 3.05) is 37.7 Å². The van der Waals surface area contributed by atoms with Crippen LogP contribution in [0.2, 0.25) is 0 Å². The summed E-state index contributed by atoms with van der Waals surface area (Å²) in [5, 5.41) is 4.15. The minimum atomic E-state index is -0.0966. The number of nitrogens with two attached hydrogens (primary N) is 1. The maximum absolute atomic E-state index is 11.9. The molecule has 1 saturated heterocycles. The summed E-state index contributed by atoms with van der Waals surface area (Å²) in [6.45, 7) is 3.93. The highest BCUT2D eigenvalue weighted by Crippen LogP contribution is 2.11. The van der Waals surface area contributed by atoms with Crippen molar-refractivity contribution in [1.82, 2.24) is 9.78 Å². The average Bonchev–Trinajstić information content (AvgIpc) is 2.42. The van der Waals surface area contributed by atoms with Crippen molar-refractivity contribution < 1.29 is 4.74 Å². The SMILES string of the molecule is NC/C=C/Cn1ncc(N2CCOCC2)cc1=O. The van der Waals surface area contributed by atoms with Crippen molar-refractivity contribution in [3.05, 3.63) is 34.8 Å². The molecule has 18 heavy (non-hydrogen) atoms. The van der Waals surface area contributed by atoms with E-state index >= 15 is 0 Å². The third-order valence-electron chi connectivity index (χ3n) is 2.81. The molecular weight excluding hydrogens is 232 g/mol. The van der Waals surface area contributed by atoms with Gasteiger partial charge in [0.1, 0.15) is 0 Å². The number of anilines is 1. The monoisotopic (exact) mass is 250 g/mol. The molecule has 2 rings (SSSR count). The molecule has 1 aromatic rings. The fourth-order valence-corrected chi connectivity index (χ4v) is 1.83. The number of aromatic nitrogens is 2. The fourth-order valence-electron chi connectivity index (χ4n) is 1.83. The third kappa shape index (κ3) is 3.18. The van der Waals surface area contributed by atoms with Crippen molar-refractivity contribution in [3.63, 3.8) is 0 Å². The molecule has 6 nitrogen and oxygen atoms in total. The molecule has 0 atom stereocenters. The fraction of sp³-hybridized carbons (Fsp3) is 0.500. The molecule has 0 spiro atoms. The highest BCUT2D eigenvalue weighted by molar-refractivity contribution is 5.43. The summed E-state index contributed by atoms with van der Waals surface area (Å²) < 4.78 is 6.69. The molecule has 1 aliphatic rings. The lowest BCUT2D eigenvalue weighted by molar-refractivity contribution is 0.122. The predicted molar refractivity (Wildman–Crippen MR) is 69.7 cm³/mol. The number of rotatable bonds is 4. The lowest BCUT2D eigenvalue weighted by Crippen LogP contribution is -2.37. The highest BCUT2D eigenvalue weighted by atomic mass is 16.5. The average molecular weight is 250 g/mol. The van der Waals surface area contributed by atoms with Gasteiger partial charge in [-0.1, -0.05) is 12.2 Å². The van der Waals surface area contributed by atoms with Crippen LogP contribution in [0.4, 0.5) is 5.69 Å². The van der Waals surface area contributed by atoms with Crippen molar-refractivity contribution >= 4 is 5.69 Å². The Labute approximate surface area is 106 Å². The van der Waals surface area contributed by atoms with Crippen LogP contribution in [0.25, 0.3) is 0 Å². The molecule has 98 valence electrons. The Kier molecular flexibility index (Phi) is 4.49. The quantitative estimate of drug-likeness (QED) is 0.736. The Hall–Kier alpha value is -1.66. The Morgan fingerprint density at radius 2 is 2.17 bits per heavy atom. The van der Waals surface area contributed by atoms with Crippen LogP contribution in [0.5, 0.6) is 0 Å². The maximum atomic E-state index is 11.9. The summed E-state index contributed by atoms with van der Waals surface area (Å²) in [5.74, 6) is 0. The van der Waals surface area contributed by atoms with Gasteiger partial charge < -0.3 is 15.4 Å². The van der Waals surface area contributed by atoms with Crippen molar-refractivity contribution in [2.45, 2.75) is 6.54 Å².